The number of Topliss-reactive ketones (excluding diaryl/α,β-unsaturated/α-hetero) is 1. The van der Waals surface area contributed by atoms with E-state index in [1.54, 1.807) is 25.1 Å². The zero-order valence-corrected chi connectivity index (χ0v) is 17.4. The van der Waals surface area contributed by atoms with E-state index in [2.05, 4.69) is 4.99 Å². The van der Waals surface area contributed by atoms with Gasteiger partial charge in [-0.2, -0.15) is 0 Å². The highest BCUT2D eigenvalue weighted by molar-refractivity contribution is 6.10. The van der Waals surface area contributed by atoms with Crippen molar-refractivity contribution in [3.05, 3.63) is 41.1 Å². The Morgan fingerprint density at radius 1 is 0.933 bits per heavy atom. The van der Waals surface area contributed by atoms with E-state index in [9.17, 15) is 19.2 Å². The molecule has 1 aromatic carbocycles. The summed E-state index contributed by atoms with van der Waals surface area (Å²) in [6.45, 7) is 2.45. The summed E-state index contributed by atoms with van der Waals surface area (Å²) in [6.07, 6.45) is 0. The van der Waals surface area contributed by atoms with Gasteiger partial charge >= 0.3 is 17.9 Å². The van der Waals surface area contributed by atoms with Crippen LogP contribution in [0.15, 0.2) is 40.5 Å². The van der Waals surface area contributed by atoms with Gasteiger partial charge in [-0.05, 0) is 26.0 Å². The van der Waals surface area contributed by atoms with Crippen molar-refractivity contribution in [2.75, 3.05) is 27.9 Å². The van der Waals surface area contributed by atoms with Crippen LogP contribution in [0.5, 0.6) is 5.75 Å². The molecule has 0 bridgehead atoms. The predicted molar refractivity (Wildman–Crippen MR) is 105 cm³/mol. The molecule has 9 heteroatoms. The van der Waals surface area contributed by atoms with Crippen LogP contribution < -0.4 is 4.74 Å². The Balaban J connectivity index is 2.33. The Labute approximate surface area is 173 Å². The standard InChI is InChI=1S/C21H23NO8/c1-11-16(19(24)28-4)18(17(12(2)22-11)20(25)29-5)21(26)30-10-14(23)13-8-6-7-9-15(13)27-3/h6-9,16,18H,10H2,1-5H3/t16?,18-/m1/s1. The molecule has 0 fully saturated rings. The van der Waals surface area contributed by atoms with Crippen molar-refractivity contribution in [3.63, 3.8) is 0 Å². The number of esters is 3. The third-order valence-electron chi connectivity index (χ3n) is 4.70. The van der Waals surface area contributed by atoms with Crippen molar-refractivity contribution in [3.8, 4) is 5.75 Å². The minimum Gasteiger partial charge on any atom is -0.496 e. The lowest BCUT2D eigenvalue weighted by Crippen LogP contribution is -2.42. The molecule has 1 aliphatic heterocycles. The normalized spacial score (nSPS) is 18.2. The molecule has 30 heavy (non-hydrogen) atoms. The van der Waals surface area contributed by atoms with Gasteiger partial charge < -0.3 is 18.9 Å². The summed E-state index contributed by atoms with van der Waals surface area (Å²) in [6, 6.07) is 6.48. The number of benzene rings is 1. The third kappa shape index (κ3) is 4.56. The minimum absolute atomic E-state index is 0.117. The van der Waals surface area contributed by atoms with E-state index in [0.717, 1.165) is 14.2 Å². The highest BCUT2D eigenvalue weighted by Crippen LogP contribution is 2.33. The number of allylic oxidation sites excluding steroid dienone is 1. The number of hydrogen-bond acceptors (Lipinski definition) is 9. The fraction of sp³-hybridized carbons (Fsp3) is 0.381. The summed E-state index contributed by atoms with van der Waals surface area (Å²) >= 11 is 0. The number of rotatable bonds is 7. The molecule has 9 nitrogen and oxygen atoms in total. The van der Waals surface area contributed by atoms with Crippen LogP contribution in [-0.4, -0.2) is 57.3 Å². The van der Waals surface area contributed by atoms with Gasteiger partial charge in [0.25, 0.3) is 0 Å². The monoisotopic (exact) mass is 417 g/mol. The van der Waals surface area contributed by atoms with Gasteiger partial charge in [-0.25, -0.2) is 4.79 Å². The molecule has 2 rings (SSSR count). The lowest BCUT2D eigenvalue weighted by atomic mass is 9.80. The molecule has 0 saturated heterocycles. The van der Waals surface area contributed by atoms with Gasteiger partial charge in [0.1, 0.15) is 17.6 Å². The van der Waals surface area contributed by atoms with Crippen LogP contribution in [0.4, 0.5) is 0 Å². The SMILES string of the molecule is COC(=O)C1=C(C)N=C(C)C(C(=O)OC)[C@H]1C(=O)OCC(=O)c1ccccc1OC. The van der Waals surface area contributed by atoms with Crippen LogP contribution in [0.3, 0.4) is 0 Å². The van der Waals surface area contributed by atoms with E-state index in [0.29, 0.717) is 5.75 Å². The first kappa shape index (κ1) is 22.8. The Kier molecular flexibility index (Phi) is 7.46. The second-order valence-corrected chi connectivity index (χ2v) is 6.45. The molecule has 2 atom stereocenters. The number of carbonyl (C=O) groups excluding carboxylic acids is 4. The summed E-state index contributed by atoms with van der Waals surface area (Å²) in [5.41, 5.74) is 0.620. The quantitative estimate of drug-likeness (QED) is 0.374. The predicted octanol–water partition coefficient (Wildman–Crippen LogP) is 1.75. The first-order chi connectivity index (χ1) is 14.3. The minimum atomic E-state index is -1.35. The molecule has 160 valence electrons. The number of nitrogens with zero attached hydrogens (tertiary/aromatic N) is 1. The van der Waals surface area contributed by atoms with E-state index in [1.165, 1.54) is 20.1 Å². The van der Waals surface area contributed by atoms with Gasteiger partial charge in [-0.15, -0.1) is 0 Å². The van der Waals surface area contributed by atoms with Gasteiger partial charge in [0.05, 0.1) is 32.5 Å². The lowest BCUT2D eigenvalue weighted by molar-refractivity contribution is -0.156. The zero-order chi connectivity index (χ0) is 22.4. The molecule has 0 aliphatic carbocycles. The Bertz CT molecular complexity index is 931. The maximum absolute atomic E-state index is 12.9. The number of ketones is 1. The van der Waals surface area contributed by atoms with Gasteiger partial charge in [0.2, 0.25) is 5.78 Å². The van der Waals surface area contributed by atoms with Crippen molar-refractivity contribution in [1.82, 2.24) is 0 Å². The van der Waals surface area contributed by atoms with Crippen LogP contribution >= 0.6 is 0 Å². The van der Waals surface area contributed by atoms with E-state index in [4.69, 9.17) is 18.9 Å². The summed E-state index contributed by atoms with van der Waals surface area (Å²) < 4.78 is 19.9. The smallest absolute Gasteiger partial charge is 0.336 e. The second kappa shape index (κ2) is 9.82. The average Bonchev–Trinajstić information content (AvgIpc) is 2.75. The average molecular weight is 417 g/mol. The highest BCUT2D eigenvalue weighted by atomic mass is 16.5. The van der Waals surface area contributed by atoms with Crippen molar-refractivity contribution in [2.45, 2.75) is 13.8 Å². The molecular formula is C21H23NO8. The molecular weight excluding hydrogens is 394 g/mol. The summed E-state index contributed by atoms with van der Waals surface area (Å²) in [5, 5.41) is 0. The van der Waals surface area contributed by atoms with Crippen molar-refractivity contribution in [1.29, 1.82) is 0 Å². The van der Waals surface area contributed by atoms with Crippen molar-refractivity contribution in [2.24, 2.45) is 16.8 Å². The van der Waals surface area contributed by atoms with Gasteiger partial charge in [0.15, 0.2) is 6.61 Å². The maximum Gasteiger partial charge on any atom is 0.336 e. The molecule has 0 N–H and O–H groups in total. The molecule has 1 aromatic rings. The van der Waals surface area contributed by atoms with E-state index in [1.807, 2.05) is 0 Å². The maximum atomic E-state index is 12.9. The van der Waals surface area contributed by atoms with Gasteiger partial charge in [0, 0.05) is 11.4 Å². The largest absolute Gasteiger partial charge is 0.496 e. The third-order valence-corrected chi connectivity index (χ3v) is 4.70. The molecule has 0 spiro atoms. The first-order valence-corrected chi connectivity index (χ1v) is 9.01. The number of methoxy groups -OCH3 is 3. The van der Waals surface area contributed by atoms with Gasteiger partial charge in [-0.1, -0.05) is 12.1 Å². The number of aliphatic imine (C=N–C) groups is 1. The van der Waals surface area contributed by atoms with Crippen molar-refractivity contribution >= 4 is 29.4 Å². The van der Waals surface area contributed by atoms with Crippen LogP contribution in [0.25, 0.3) is 0 Å². The first-order valence-electron chi connectivity index (χ1n) is 9.01. The Hall–Kier alpha value is -3.49. The van der Waals surface area contributed by atoms with E-state index >= 15 is 0 Å². The Morgan fingerprint density at radius 3 is 2.20 bits per heavy atom. The molecule has 1 heterocycles. The van der Waals surface area contributed by atoms with Crippen LogP contribution in [0, 0.1) is 11.8 Å². The van der Waals surface area contributed by atoms with Crippen molar-refractivity contribution < 1.29 is 38.1 Å². The topological polar surface area (TPSA) is 118 Å². The molecule has 0 radical (unpaired) electrons. The highest BCUT2D eigenvalue weighted by Gasteiger charge is 2.46. The van der Waals surface area contributed by atoms with Crippen LogP contribution in [0.2, 0.25) is 0 Å². The zero-order valence-electron chi connectivity index (χ0n) is 17.4. The molecule has 1 aliphatic rings. The van der Waals surface area contributed by atoms with E-state index < -0.39 is 42.1 Å². The molecule has 0 saturated carbocycles. The molecule has 1 unspecified atom stereocenters. The Morgan fingerprint density at radius 2 is 1.60 bits per heavy atom. The molecule has 0 aromatic heterocycles. The van der Waals surface area contributed by atoms with E-state index in [-0.39, 0.29) is 22.5 Å². The second-order valence-electron chi connectivity index (χ2n) is 6.45. The summed E-state index contributed by atoms with van der Waals surface area (Å²) in [7, 11) is 3.72. The lowest BCUT2D eigenvalue weighted by Gasteiger charge is -2.29. The molecule has 0 amide bonds. The summed E-state index contributed by atoms with van der Waals surface area (Å²) in [5.74, 6) is -5.23. The van der Waals surface area contributed by atoms with Crippen LogP contribution in [-0.2, 0) is 28.6 Å². The van der Waals surface area contributed by atoms with Crippen LogP contribution in [0.1, 0.15) is 24.2 Å². The number of carbonyl (C=O) groups is 4. The fourth-order valence-corrected chi connectivity index (χ4v) is 3.28. The number of ether oxygens (including phenoxy) is 4. The van der Waals surface area contributed by atoms with Gasteiger partial charge in [-0.3, -0.25) is 19.4 Å². The number of hydrogen-bond donors (Lipinski definition) is 0. The number of para-hydroxylation sites is 1. The summed E-state index contributed by atoms with van der Waals surface area (Å²) in [4.78, 5) is 54.3. The fourth-order valence-electron chi connectivity index (χ4n) is 3.28.